The summed E-state index contributed by atoms with van der Waals surface area (Å²) >= 11 is 0. The predicted octanol–water partition coefficient (Wildman–Crippen LogP) is -1.11. The molecule has 0 aliphatic heterocycles. The van der Waals surface area contributed by atoms with E-state index in [-0.39, 0.29) is 18.2 Å². The zero-order valence-electron chi connectivity index (χ0n) is 8.45. The number of nitrogens with zero attached hydrogens (tertiary/aromatic N) is 4. The lowest BCUT2D eigenvalue weighted by molar-refractivity contribution is -0.383. The summed E-state index contributed by atoms with van der Waals surface area (Å²) in [7, 11) is 1.44. The van der Waals surface area contributed by atoms with Gasteiger partial charge in [0.15, 0.2) is 0 Å². The minimum absolute atomic E-state index is 0.0451. The Kier molecular flexibility index (Phi) is 3.18. The molecule has 0 fully saturated rings. The second kappa shape index (κ2) is 4.38. The molecule has 1 heterocycles. The Morgan fingerprint density at radius 3 is 2.75 bits per heavy atom. The van der Waals surface area contributed by atoms with Crippen molar-refractivity contribution in [3.63, 3.8) is 0 Å². The number of hydrogen-bond acceptors (Lipinski definition) is 7. The molecule has 9 nitrogen and oxygen atoms in total. The van der Waals surface area contributed by atoms with E-state index in [0.717, 1.165) is 6.33 Å². The van der Waals surface area contributed by atoms with Gasteiger partial charge in [0, 0.05) is 7.05 Å². The molecule has 0 spiro atoms. The highest BCUT2D eigenvalue weighted by Crippen LogP contribution is 2.28. The van der Waals surface area contributed by atoms with Crippen LogP contribution in [-0.2, 0) is 4.79 Å². The molecule has 0 atom stereocenters. The minimum Gasteiger partial charge on any atom is -0.378 e. The summed E-state index contributed by atoms with van der Waals surface area (Å²) in [6.07, 6.45) is 1.08. The zero-order chi connectivity index (χ0) is 12.3. The molecule has 0 radical (unpaired) electrons. The van der Waals surface area contributed by atoms with E-state index >= 15 is 0 Å². The normalized spacial score (nSPS) is 9.81. The third-order valence-electron chi connectivity index (χ3n) is 1.77. The van der Waals surface area contributed by atoms with Crippen molar-refractivity contribution in [2.24, 2.45) is 5.73 Å². The third-order valence-corrected chi connectivity index (χ3v) is 1.77. The van der Waals surface area contributed by atoms with Gasteiger partial charge in [0.2, 0.25) is 17.5 Å². The van der Waals surface area contributed by atoms with Crippen LogP contribution in [0.25, 0.3) is 0 Å². The molecular formula is C7H10N6O3. The first-order chi connectivity index (χ1) is 7.43. The quantitative estimate of drug-likeness (QED) is 0.489. The van der Waals surface area contributed by atoms with Crippen LogP contribution in [0.5, 0.6) is 0 Å². The van der Waals surface area contributed by atoms with Crippen molar-refractivity contribution < 1.29 is 9.72 Å². The van der Waals surface area contributed by atoms with E-state index in [1.165, 1.54) is 11.9 Å². The Hall–Kier alpha value is -2.45. The van der Waals surface area contributed by atoms with Gasteiger partial charge in [-0.15, -0.1) is 0 Å². The van der Waals surface area contributed by atoms with Crippen LogP contribution in [0.3, 0.4) is 0 Å². The van der Waals surface area contributed by atoms with Gasteiger partial charge in [-0.3, -0.25) is 14.9 Å². The number of nitrogen functional groups attached to an aromatic ring is 1. The summed E-state index contributed by atoms with van der Waals surface area (Å²) < 4.78 is 0. The SMILES string of the molecule is CN(CC(N)=O)c1ncnc(N)c1[N+](=O)[O-]. The van der Waals surface area contributed by atoms with Crippen LogP contribution in [0.2, 0.25) is 0 Å². The number of aromatic nitrogens is 2. The van der Waals surface area contributed by atoms with Crippen LogP contribution in [0.15, 0.2) is 6.33 Å². The largest absolute Gasteiger partial charge is 0.378 e. The number of likely N-dealkylation sites (N-methyl/N-ethyl adjacent to an activating group) is 1. The molecule has 9 heteroatoms. The van der Waals surface area contributed by atoms with Crippen LogP contribution in [0, 0.1) is 10.1 Å². The van der Waals surface area contributed by atoms with E-state index < -0.39 is 16.5 Å². The Morgan fingerprint density at radius 2 is 2.25 bits per heavy atom. The highest BCUT2D eigenvalue weighted by Gasteiger charge is 2.24. The Bertz CT molecular complexity index is 434. The van der Waals surface area contributed by atoms with E-state index in [9.17, 15) is 14.9 Å². The molecule has 4 N–H and O–H groups in total. The highest BCUT2D eigenvalue weighted by molar-refractivity contribution is 5.81. The fourth-order valence-electron chi connectivity index (χ4n) is 1.15. The fourth-order valence-corrected chi connectivity index (χ4v) is 1.15. The number of carbonyl (C=O) groups is 1. The molecule has 0 aliphatic rings. The van der Waals surface area contributed by atoms with Crippen molar-refractivity contribution in [1.82, 2.24) is 9.97 Å². The van der Waals surface area contributed by atoms with Gasteiger partial charge in [-0.05, 0) is 0 Å². The van der Waals surface area contributed by atoms with Crippen LogP contribution in [0.4, 0.5) is 17.3 Å². The molecule has 0 aliphatic carbocycles. The molecule has 0 saturated carbocycles. The van der Waals surface area contributed by atoms with Gasteiger partial charge < -0.3 is 16.4 Å². The summed E-state index contributed by atoms with van der Waals surface area (Å²) in [5, 5.41) is 10.7. The molecule has 1 aromatic rings. The molecule has 0 bridgehead atoms. The molecule has 0 saturated heterocycles. The standard InChI is InChI=1S/C7H10N6O3/c1-12(2-4(8)14)7-5(13(15)16)6(9)10-3-11-7/h3H,2H2,1H3,(H2,8,14)(H2,9,10,11). The van der Waals surface area contributed by atoms with E-state index in [0.29, 0.717) is 0 Å². The summed E-state index contributed by atoms with van der Waals surface area (Å²) in [6.45, 7) is -0.197. The third kappa shape index (κ3) is 2.32. The molecule has 16 heavy (non-hydrogen) atoms. The van der Waals surface area contributed by atoms with E-state index in [4.69, 9.17) is 11.5 Å². The number of rotatable bonds is 4. The van der Waals surface area contributed by atoms with Gasteiger partial charge >= 0.3 is 5.69 Å². The summed E-state index contributed by atoms with van der Waals surface area (Å²) in [5.41, 5.74) is 9.89. The van der Waals surface area contributed by atoms with E-state index in [1.54, 1.807) is 0 Å². The Morgan fingerprint density at radius 1 is 1.62 bits per heavy atom. The van der Waals surface area contributed by atoms with Crippen molar-refractivity contribution in [3.05, 3.63) is 16.4 Å². The van der Waals surface area contributed by atoms with Gasteiger partial charge in [0.25, 0.3) is 0 Å². The lowest BCUT2D eigenvalue weighted by Gasteiger charge is -2.15. The maximum Gasteiger partial charge on any atom is 0.353 e. The molecule has 1 aromatic heterocycles. The molecule has 1 rings (SSSR count). The van der Waals surface area contributed by atoms with Crippen molar-refractivity contribution in [2.45, 2.75) is 0 Å². The van der Waals surface area contributed by atoms with Crippen molar-refractivity contribution >= 4 is 23.2 Å². The Labute approximate surface area is 90.2 Å². The second-order valence-corrected chi connectivity index (χ2v) is 3.01. The summed E-state index contributed by atoms with van der Waals surface area (Å²) in [6, 6.07) is 0. The Balaban J connectivity index is 3.17. The number of amides is 1. The van der Waals surface area contributed by atoms with E-state index in [1.807, 2.05) is 0 Å². The zero-order valence-corrected chi connectivity index (χ0v) is 8.45. The predicted molar refractivity (Wildman–Crippen MR) is 55.6 cm³/mol. The lowest BCUT2D eigenvalue weighted by Crippen LogP contribution is -2.31. The van der Waals surface area contributed by atoms with Gasteiger partial charge in [0.05, 0.1) is 11.5 Å². The molecule has 0 aromatic carbocycles. The van der Waals surface area contributed by atoms with Crippen LogP contribution in [-0.4, -0.2) is 34.4 Å². The van der Waals surface area contributed by atoms with Gasteiger partial charge in [-0.2, -0.15) is 0 Å². The highest BCUT2D eigenvalue weighted by atomic mass is 16.6. The molecule has 0 unspecified atom stereocenters. The first-order valence-corrected chi connectivity index (χ1v) is 4.17. The van der Waals surface area contributed by atoms with Gasteiger partial charge in [-0.1, -0.05) is 0 Å². The van der Waals surface area contributed by atoms with Crippen LogP contribution < -0.4 is 16.4 Å². The van der Waals surface area contributed by atoms with Gasteiger partial charge in [-0.25, -0.2) is 9.97 Å². The number of anilines is 2. The number of carbonyl (C=O) groups excluding carboxylic acids is 1. The van der Waals surface area contributed by atoms with E-state index in [2.05, 4.69) is 9.97 Å². The van der Waals surface area contributed by atoms with Crippen LogP contribution >= 0.6 is 0 Å². The molecule has 86 valence electrons. The topological polar surface area (TPSA) is 141 Å². The first kappa shape index (κ1) is 11.6. The summed E-state index contributed by atoms with van der Waals surface area (Å²) in [4.78, 5) is 29.2. The maximum atomic E-state index is 10.7. The minimum atomic E-state index is -0.706. The van der Waals surface area contributed by atoms with Crippen molar-refractivity contribution in [3.8, 4) is 0 Å². The molecule has 1 amide bonds. The fraction of sp³-hybridized carbons (Fsp3) is 0.286. The average Bonchev–Trinajstić information content (AvgIpc) is 2.15. The summed E-state index contributed by atoms with van der Waals surface area (Å²) in [5.74, 6) is -0.934. The number of nitro groups is 1. The van der Waals surface area contributed by atoms with Crippen molar-refractivity contribution in [2.75, 3.05) is 24.2 Å². The average molecular weight is 226 g/mol. The van der Waals surface area contributed by atoms with Gasteiger partial charge in [0.1, 0.15) is 6.33 Å². The monoisotopic (exact) mass is 226 g/mol. The lowest BCUT2D eigenvalue weighted by atomic mass is 10.4. The van der Waals surface area contributed by atoms with Crippen LogP contribution in [0.1, 0.15) is 0 Å². The second-order valence-electron chi connectivity index (χ2n) is 3.01. The maximum absolute atomic E-state index is 10.7. The first-order valence-electron chi connectivity index (χ1n) is 4.17. The molecular weight excluding hydrogens is 216 g/mol. The smallest absolute Gasteiger partial charge is 0.353 e. The number of primary amides is 1. The van der Waals surface area contributed by atoms with Crippen molar-refractivity contribution in [1.29, 1.82) is 0 Å². The number of nitrogens with two attached hydrogens (primary N) is 2. The number of hydrogen-bond donors (Lipinski definition) is 2.